The summed E-state index contributed by atoms with van der Waals surface area (Å²) in [5.74, 6) is -1.01. The van der Waals surface area contributed by atoms with Crippen molar-refractivity contribution in [3.8, 4) is 0 Å². The number of hydrogen-bond acceptors (Lipinski definition) is 4. The fourth-order valence-corrected chi connectivity index (χ4v) is 1.50. The minimum absolute atomic E-state index is 0.165. The van der Waals surface area contributed by atoms with E-state index in [0.717, 1.165) is 0 Å². The molecular weight excluding hydrogens is 244 g/mol. The van der Waals surface area contributed by atoms with Gasteiger partial charge in [-0.05, 0) is 19.1 Å². The fraction of sp³-hybridized carbons (Fsp3) is 0.273. The molecule has 0 fully saturated rings. The highest BCUT2D eigenvalue weighted by molar-refractivity contribution is 6.34. The topological polar surface area (TPSA) is 81.4 Å². The van der Waals surface area contributed by atoms with Crippen molar-refractivity contribution in [2.24, 2.45) is 0 Å². The Hall–Kier alpha value is -1.75. The number of esters is 1. The van der Waals surface area contributed by atoms with E-state index in [1.54, 1.807) is 25.1 Å². The molecule has 0 aliphatic heterocycles. The molecular formula is C11H13ClN2O3. The molecule has 0 unspecified atom stereocenters. The Labute approximate surface area is 104 Å². The highest BCUT2D eigenvalue weighted by atomic mass is 35.5. The standard InChI is InChI=1S/C11H13ClN2O3/c1-2-17-9(15)6-14-11(16)10-7(12)4-3-5-8(10)13/h3-5H,2,6,13H2,1H3,(H,14,16). The van der Waals surface area contributed by atoms with Crippen LogP contribution in [0.15, 0.2) is 18.2 Å². The van der Waals surface area contributed by atoms with Gasteiger partial charge in [-0.2, -0.15) is 0 Å². The van der Waals surface area contributed by atoms with Crippen LogP contribution in [0.3, 0.4) is 0 Å². The zero-order valence-corrected chi connectivity index (χ0v) is 10.1. The van der Waals surface area contributed by atoms with Crippen LogP contribution in [0.4, 0.5) is 5.69 Å². The smallest absolute Gasteiger partial charge is 0.325 e. The Morgan fingerprint density at radius 3 is 2.76 bits per heavy atom. The second-order valence-electron chi connectivity index (χ2n) is 3.19. The number of nitrogen functional groups attached to an aromatic ring is 1. The maximum absolute atomic E-state index is 11.7. The van der Waals surface area contributed by atoms with Crippen LogP contribution in [-0.4, -0.2) is 25.0 Å². The van der Waals surface area contributed by atoms with E-state index in [9.17, 15) is 9.59 Å². The average molecular weight is 257 g/mol. The Morgan fingerprint density at radius 1 is 1.47 bits per heavy atom. The predicted molar refractivity (Wildman–Crippen MR) is 64.8 cm³/mol. The molecule has 5 nitrogen and oxygen atoms in total. The molecule has 0 aliphatic carbocycles. The number of halogens is 1. The molecule has 0 aliphatic rings. The molecule has 0 radical (unpaired) electrons. The maximum atomic E-state index is 11.7. The van der Waals surface area contributed by atoms with Gasteiger partial charge >= 0.3 is 5.97 Å². The molecule has 0 aromatic heterocycles. The van der Waals surface area contributed by atoms with Crippen molar-refractivity contribution in [2.45, 2.75) is 6.92 Å². The minimum atomic E-state index is -0.508. The lowest BCUT2D eigenvalue weighted by atomic mass is 10.1. The van der Waals surface area contributed by atoms with E-state index < -0.39 is 11.9 Å². The van der Waals surface area contributed by atoms with E-state index in [0.29, 0.717) is 0 Å². The van der Waals surface area contributed by atoms with Gasteiger partial charge in [0, 0.05) is 5.69 Å². The summed E-state index contributed by atoms with van der Waals surface area (Å²) in [4.78, 5) is 22.8. The van der Waals surface area contributed by atoms with Gasteiger partial charge in [-0.1, -0.05) is 17.7 Å². The molecule has 92 valence electrons. The number of nitrogens with two attached hydrogens (primary N) is 1. The molecule has 1 aromatic carbocycles. The number of anilines is 1. The van der Waals surface area contributed by atoms with Gasteiger partial charge in [-0.15, -0.1) is 0 Å². The molecule has 17 heavy (non-hydrogen) atoms. The summed E-state index contributed by atoms with van der Waals surface area (Å²) in [5.41, 5.74) is 6.05. The van der Waals surface area contributed by atoms with E-state index in [1.165, 1.54) is 0 Å². The quantitative estimate of drug-likeness (QED) is 0.627. The number of nitrogens with one attached hydrogen (secondary N) is 1. The number of ether oxygens (including phenoxy) is 1. The summed E-state index contributed by atoms with van der Waals surface area (Å²) in [6, 6.07) is 4.75. The van der Waals surface area contributed by atoms with Gasteiger partial charge < -0.3 is 15.8 Å². The molecule has 1 rings (SSSR count). The normalized spacial score (nSPS) is 9.76. The monoisotopic (exact) mass is 256 g/mol. The molecule has 0 heterocycles. The van der Waals surface area contributed by atoms with Crippen LogP contribution in [-0.2, 0) is 9.53 Å². The summed E-state index contributed by atoms with van der Waals surface area (Å²) >= 11 is 5.84. The molecule has 0 saturated heterocycles. The van der Waals surface area contributed by atoms with Crippen LogP contribution in [0, 0.1) is 0 Å². The largest absolute Gasteiger partial charge is 0.465 e. The van der Waals surface area contributed by atoms with Crippen molar-refractivity contribution in [3.63, 3.8) is 0 Å². The van der Waals surface area contributed by atoms with Crippen molar-refractivity contribution >= 4 is 29.2 Å². The Kier molecular flexibility index (Phi) is 4.78. The minimum Gasteiger partial charge on any atom is -0.465 e. The van der Waals surface area contributed by atoms with Gasteiger partial charge in [0.2, 0.25) is 0 Å². The molecule has 0 spiro atoms. The van der Waals surface area contributed by atoms with Crippen LogP contribution >= 0.6 is 11.6 Å². The molecule has 6 heteroatoms. The van der Waals surface area contributed by atoms with Crippen LogP contribution in [0.5, 0.6) is 0 Å². The summed E-state index contributed by atoms with van der Waals surface area (Å²) in [7, 11) is 0. The zero-order valence-electron chi connectivity index (χ0n) is 9.33. The first kappa shape index (κ1) is 13.3. The lowest BCUT2D eigenvalue weighted by Crippen LogP contribution is -2.31. The molecule has 0 atom stereocenters. The lowest BCUT2D eigenvalue weighted by Gasteiger charge is -2.08. The van der Waals surface area contributed by atoms with Gasteiger partial charge in [-0.25, -0.2) is 0 Å². The second kappa shape index (κ2) is 6.10. The van der Waals surface area contributed by atoms with Crippen LogP contribution in [0.2, 0.25) is 5.02 Å². The third kappa shape index (κ3) is 3.64. The first-order chi connectivity index (χ1) is 8.06. The number of carbonyl (C=O) groups is 2. The number of hydrogen-bond donors (Lipinski definition) is 2. The Bertz CT molecular complexity index is 414. The highest BCUT2D eigenvalue weighted by Gasteiger charge is 2.14. The van der Waals surface area contributed by atoms with Gasteiger partial charge in [0.25, 0.3) is 5.91 Å². The van der Waals surface area contributed by atoms with E-state index >= 15 is 0 Å². The summed E-state index contributed by atoms with van der Waals surface area (Å²) < 4.78 is 4.67. The average Bonchev–Trinajstić information content (AvgIpc) is 2.26. The molecule has 3 N–H and O–H groups in total. The summed E-state index contributed by atoms with van der Waals surface area (Å²) in [5, 5.41) is 2.63. The molecule has 1 amide bonds. The second-order valence-corrected chi connectivity index (χ2v) is 3.60. The van der Waals surface area contributed by atoms with Crippen molar-refractivity contribution in [1.29, 1.82) is 0 Å². The zero-order chi connectivity index (χ0) is 12.8. The van der Waals surface area contributed by atoms with Gasteiger partial charge in [0.1, 0.15) is 6.54 Å². The molecule has 0 saturated carbocycles. The van der Waals surface area contributed by atoms with Gasteiger partial charge in [-0.3, -0.25) is 9.59 Å². The van der Waals surface area contributed by atoms with E-state index in [2.05, 4.69) is 10.1 Å². The number of benzene rings is 1. The lowest BCUT2D eigenvalue weighted by molar-refractivity contribution is -0.141. The van der Waals surface area contributed by atoms with Crippen molar-refractivity contribution in [3.05, 3.63) is 28.8 Å². The summed E-state index contributed by atoms with van der Waals surface area (Å²) in [6.07, 6.45) is 0. The van der Waals surface area contributed by atoms with E-state index in [-0.39, 0.29) is 29.4 Å². The highest BCUT2D eigenvalue weighted by Crippen LogP contribution is 2.21. The number of rotatable bonds is 4. The van der Waals surface area contributed by atoms with Crippen LogP contribution in [0.25, 0.3) is 0 Å². The molecule has 0 bridgehead atoms. The third-order valence-electron chi connectivity index (χ3n) is 1.97. The van der Waals surface area contributed by atoms with E-state index in [1.807, 2.05) is 0 Å². The van der Waals surface area contributed by atoms with Gasteiger partial charge in [0.15, 0.2) is 0 Å². The number of carbonyl (C=O) groups excluding carboxylic acids is 2. The van der Waals surface area contributed by atoms with Crippen molar-refractivity contribution in [1.82, 2.24) is 5.32 Å². The Balaban J connectivity index is 2.68. The maximum Gasteiger partial charge on any atom is 0.325 e. The first-order valence-electron chi connectivity index (χ1n) is 5.04. The fourth-order valence-electron chi connectivity index (χ4n) is 1.23. The van der Waals surface area contributed by atoms with Crippen molar-refractivity contribution < 1.29 is 14.3 Å². The Morgan fingerprint density at radius 2 is 2.18 bits per heavy atom. The predicted octanol–water partition coefficient (Wildman–Crippen LogP) is 1.22. The first-order valence-corrected chi connectivity index (χ1v) is 5.41. The SMILES string of the molecule is CCOC(=O)CNC(=O)c1c(N)cccc1Cl. The third-order valence-corrected chi connectivity index (χ3v) is 2.29. The van der Waals surface area contributed by atoms with Gasteiger partial charge in [0.05, 0.1) is 17.2 Å². The van der Waals surface area contributed by atoms with Crippen LogP contribution < -0.4 is 11.1 Å². The van der Waals surface area contributed by atoms with Crippen LogP contribution in [0.1, 0.15) is 17.3 Å². The van der Waals surface area contributed by atoms with Crippen molar-refractivity contribution in [2.75, 3.05) is 18.9 Å². The molecule has 1 aromatic rings. The van der Waals surface area contributed by atoms with E-state index in [4.69, 9.17) is 17.3 Å². The number of amides is 1. The summed E-state index contributed by atoms with van der Waals surface area (Å²) in [6.45, 7) is 1.74.